The normalized spacial score (nSPS) is 27.8. The number of piperidine rings is 1. The van der Waals surface area contributed by atoms with E-state index in [2.05, 4.69) is 17.4 Å². The maximum absolute atomic E-state index is 12.3. The third-order valence-electron chi connectivity index (χ3n) is 4.04. The zero-order valence-corrected chi connectivity index (χ0v) is 11.0. The molecule has 2 saturated heterocycles. The summed E-state index contributed by atoms with van der Waals surface area (Å²) < 4.78 is 5.51. The molecular formula is C15H20N2O2. The van der Waals surface area contributed by atoms with E-state index in [1.165, 1.54) is 5.56 Å². The molecule has 2 aliphatic rings. The van der Waals surface area contributed by atoms with Gasteiger partial charge in [-0.1, -0.05) is 30.3 Å². The lowest BCUT2D eigenvalue weighted by Gasteiger charge is -2.37. The van der Waals surface area contributed by atoms with Crippen LogP contribution < -0.4 is 5.32 Å². The summed E-state index contributed by atoms with van der Waals surface area (Å²) in [5, 5.41) is 3.39. The van der Waals surface area contributed by atoms with Crippen molar-refractivity contribution in [3.8, 4) is 0 Å². The van der Waals surface area contributed by atoms with Crippen LogP contribution in [0.4, 0.5) is 0 Å². The third-order valence-corrected chi connectivity index (χ3v) is 4.04. The summed E-state index contributed by atoms with van der Waals surface area (Å²) in [6, 6.07) is 10.5. The molecule has 1 amide bonds. The molecule has 1 N–H and O–H groups in total. The molecule has 0 saturated carbocycles. The molecule has 2 atom stereocenters. The Labute approximate surface area is 113 Å². The van der Waals surface area contributed by atoms with Crippen molar-refractivity contribution in [1.82, 2.24) is 10.2 Å². The van der Waals surface area contributed by atoms with E-state index in [1.54, 1.807) is 0 Å². The summed E-state index contributed by atoms with van der Waals surface area (Å²) in [7, 11) is 0. The van der Waals surface area contributed by atoms with Crippen molar-refractivity contribution in [2.75, 3.05) is 26.3 Å². The number of ether oxygens (including phenoxy) is 1. The number of nitrogens with zero attached hydrogens (tertiary/aromatic N) is 1. The van der Waals surface area contributed by atoms with Crippen LogP contribution >= 0.6 is 0 Å². The van der Waals surface area contributed by atoms with Gasteiger partial charge in [0.05, 0.1) is 6.61 Å². The zero-order valence-electron chi connectivity index (χ0n) is 11.0. The van der Waals surface area contributed by atoms with Crippen molar-refractivity contribution in [3.63, 3.8) is 0 Å². The van der Waals surface area contributed by atoms with Crippen molar-refractivity contribution in [1.29, 1.82) is 0 Å². The number of amides is 1. The highest BCUT2D eigenvalue weighted by molar-refractivity contribution is 5.78. The minimum Gasteiger partial charge on any atom is -0.371 e. The molecule has 2 aliphatic heterocycles. The number of carbonyl (C=O) groups is 1. The van der Waals surface area contributed by atoms with Crippen LogP contribution in [0.15, 0.2) is 30.3 Å². The van der Waals surface area contributed by atoms with E-state index in [0.29, 0.717) is 25.1 Å². The highest BCUT2D eigenvalue weighted by atomic mass is 16.5. The molecule has 102 valence electrons. The predicted octanol–water partition coefficient (Wildman–Crippen LogP) is 1.02. The molecule has 4 heteroatoms. The Balaban J connectivity index is 1.80. The van der Waals surface area contributed by atoms with E-state index >= 15 is 0 Å². The van der Waals surface area contributed by atoms with Crippen LogP contribution in [-0.2, 0) is 16.1 Å². The van der Waals surface area contributed by atoms with Gasteiger partial charge in [0.2, 0.25) is 5.91 Å². The fourth-order valence-electron chi connectivity index (χ4n) is 3.04. The summed E-state index contributed by atoms with van der Waals surface area (Å²) in [5.74, 6) is 0.544. The van der Waals surface area contributed by atoms with Crippen molar-refractivity contribution in [3.05, 3.63) is 35.9 Å². The highest BCUT2D eigenvalue weighted by Crippen LogP contribution is 2.23. The first-order chi connectivity index (χ1) is 9.34. The second kappa shape index (κ2) is 5.72. The minimum atomic E-state index is 0.123. The quantitative estimate of drug-likeness (QED) is 0.863. The fourth-order valence-corrected chi connectivity index (χ4v) is 3.04. The van der Waals surface area contributed by atoms with Gasteiger partial charge in [-0.25, -0.2) is 0 Å². The van der Waals surface area contributed by atoms with Gasteiger partial charge in [-0.05, 0) is 18.5 Å². The Morgan fingerprint density at radius 3 is 3.00 bits per heavy atom. The molecule has 19 heavy (non-hydrogen) atoms. The van der Waals surface area contributed by atoms with E-state index < -0.39 is 0 Å². The Bertz CT molecular complexity index is 435. The Hall–Kier alpha value is -1.39. The summed E-state index contributed by atoms with van der Waals surface area (Å²) in [5.41, 5.74) is 1.19. The lowest BCUT2D eigenvalue weighted by molar-refractivity contribution is -0.136. The van der Waals surface area contributed by atoms with E-state index in [4.69, 9.17) is 4.74 Å². The van der Waals surface area contributed by atoms with Gasteiger partial charge < -0.3 is 15.0 Å². The second-order valence-corrected chi connectivity index (χ2v) is 5.34. The van der Waals surface area contributed by atoms with Crippen LogP contribution in [-0.4, -0.2) is 43.2 Å². The van der Waals surface area contributed by atoms with Gasteiger partial charge in [0.15, 0.2) is 0 Å². The monoisotopic (exact) mass is 260 g/mol. The first-order valence-electron chi connectivity index (χ1n) is 6.96. The second-order valence-electron chi connectivity index (χ2n) is 5.34. The predicted molar refractivity (Wildman–Crippen MR) is 72.6 cm³/mol. The van der Waals surface area contributed by atoms with Gasteiger partial charge in [-0.15, -0.1) is 0 Å². The molecule has 0 aliphatic carbocycles. The average Bonchev–Trinajstić information content (AvgIpc) is 2.61. The van der Waals surface area contributed by atoms with E-state index in [1.807, 2.05) is 23.1 Å². The summed E-state index contributed by atoms with van der Waals surface area (Å²) in [4.78, 5) is 14.3. The number of hydrogen-bond donors (Lipinski definition) is 1. The van der Waals surface area contributed by atoms with Crippen LogP contribution in [0, 0.1) is 5.92 Å². The van der Waals surface area contributed by atoms with Crippen LogP contribution in [0.2, 0.25) is 0 Å². The summed E-state index contributed by atoms with van der Waals surface area (Å²) >= 11 is 0. The number of benzene rings is 1. The molecule has 0 bridgehead atoms. The van der Waals surface area contributed by atoms with E-state index in [-0.39, 0.29) is 12.5 Å². The van der Waals surface area contributed by atoms with E-state index in [0.717, 1.165) is 19.5 Å². The fraction of sp³-hybridized carbons (Fsp3) is 0.533. The number of rotatable bonds is 2. The van der Waals surface area contributed by atoms with Crippen LogP contribution in [0.25, 0.3) is 0 Å². The van der Waals surface area contributed by atoms with Crippen LogP contribution in [0.5, 0.6) is 0 Å². The summed E-state index contributed by atoms with van der Waals surface area (Å²) in [6.45, 7) is 3.54. The largest absolute Gasteiger partial charge is 0.371 e. The molecule has 2 fully saturated rings. The molecular weight excluding hydrogens is 240 g/mol. The maximum atomic E-state index is 12.3. The smallest absolute Gasteiger partial charge is 0.249 e. The standard InChI is InChI=1S/C15H20N2O2/c18-15-11-19-10-13-8-16-7-6-14(13)17(15)9-12-4-2-1-3-5-12/h1-5,13-14,16H,6-11H2. The Morgan fingerprint density at radius 1 is 1.32 bits per heavy atom. The van der Waals surface area contributed by atoms with Crippen molar-refractivity contribution >= 4 is 5.91 Å². The number of nitrogens with one attached hydrogen (secondary N) is 1. The molecule has 3 rings (SSSR count). The molecule has 0 spiro atoms. The Morgan fingerprint density at radius 2 is 2.16 bits per heavy atom. The maximum Gasteiger partial charge on any atom is 0.249 e. The third kappa shape index (κ3) is 2.80. The first-order valence-corrected chi connectivity index (χ1v) is 6.96. The lowest BCUT2D eigenvalue weighted by Crippen LogP contribution is -2.51. The molecule has 1 aromatic rings. The lowest BCUT2D eigenvalue weighted by atomic mass is 9.92. The molecule has 2 unspecified atom stereocenters. The van der Waals surface area contributed by atoms with Gasteiger partial charge >= 0.3 is 0 Å². The van der Waals surface area contributed by atoms with Gasteiger partial charge in [-0.2, -0.15) is 0 Å². The Kier molecular flexibility index (Phi) is 3.80. The molecule has 0 aromatic heterocycles. The number of carbonyl (C=O) groups excluding carboxylic acids is 1. The topological polar surface area (TPSA) is 41.6 Å². The number of hydrogen-bond acceptors (Lipinski definition) is 3. The average molecular weight is 260 g/mol. The van der Waals surface area contributed by atoms with Gasteiger partial charge in [0.25, 0.3) is 0 Å². The van der Waals surface area contributed by atoms with Crippen LogP contribution in [0.1, 0.15) is 12.0 Å². The van der Waals surface area contributed by atoms with Gasteiger partial charge in [-0.3, -0.25) is 4.79 Å². The van der Waals surface area contributed by atoms with Crippen LogP contribution in [0.3, 0.4) is 0 Å². The molecule has 0 radical (unpaired) electrons. The van der Waals surface area contributed by atoms with Crippen molar-refractivity contribution < 1.29 is 9.53 Å². The molecule has 1 aromatic carbocycles. The van der Waals surface area contributed by atoms with Gasteiger partial charge in [0, 0.05) is 25.0 Å². The molecule has 2 heterocycles. The highest BCUT2D eigenvalue weighted by Gasteiger charge is 2.35. The van der Waals surface area contributed by atoms with Crippen molar-refractivity contribution in [2.24, 2.45) is 5.92 Å². The van der Waals surface area contributed by atoms with Gasteiger partial charge in [0.1, 0.15) is 6.61 Å². The summed E-state index contributed by atoms with van der Waals surface area (Å²) in [6.07, 6.45) is 1.02. The SMILES string of the molecule is O=C1COCC2CNCCC2N1Cc1ccccc1. The van der Waals surface area contributed by atoms with E-state index in [9.17, 15) is 4.79 Å². The zero-order chi connectivity index (χ0) is 13.1. The number of fused-ring (bicyclic) bond motifs is 1. The molecule has 4 nitrogen and oxygen atoms in total. The minimum absolute atomic E-state index is 0.123. The van der Waals surface area contributed by atoms with Crippen molar-refractivity contribution in [2.45, 2.75) is 19.0 Å². The first kappa shape index (κ1) is 12.6.